The maximum absolute atomic E-state index is 13.1. The number of piperidine rings is 1. The maximum Gasteiger partial charge on any atom is 0.229 e. The molecule has 2 heterocycles. The summed E-state index contributed by atoms with van der Waals surface area (Å²) in [7, 11) is 1.56. The molecule has 4 atom stereocenters. The molecule has 3 amide bonds. The molecule has 0 bridgehead atoms. The van der Waals surface area contributed by atoms with Crippen molar-refractivity contribution in [3.63, 3.8) is 0 Å². The molecule has 2 saturated heterocycles. The van der Waals surface area contributed by atoms with Gasteiger partial charge in [0.15, 0.2) is 6.29 Å². The van der Waals surface area contributed by atoms with Crippen LogP contribution in [0.25, 0.3) is 0 Å². The third-order valence-electron chi connectivity index (χ3n) is 5.83. The molecule has 0 aromatic heterocycles. The van der Waals surface area contributed by atoms with Crippen molar-refractivity contribution >= 4 is 29.1 Å². The van der Waals surface area contributed by atoms with Crippen LogP contribution in [-0.4, -0.2) is 37.3 Å². The lowest BCUT2D eigenvalue weighted by atomic mass is 9.81. The van der Waals surface area contributed by atoms with Gasteiger partial charge in [-0.05, 0) is 37.6 Å². The van der Waals surface area contributed by atoms with E-state index in [1.807, 2.05) is 50.2 Å². The molecule has 5 N–H and O–H groups in total. The average Bonchev–Trinajstić information content (AvgIpc) is 2.75. The topological polar surface area (TPSA) is 121 Å². The first kappa shape index (κ1) is 21.6. The molecule has 168 valence electrons. The van der Waals surface area contributed by atoms with Crippen LogP contribution in [0.15, 0.2) is 42.5 Å². The molecule has 9 nitrogen and oxygen atoms in total. The van der Waals surface area contributed by atoms with E-state index in [9.17, 15) is 14.4 Å². The number of benzene rings is 2. The van der Waals surface area contributed by atoms with Crippen LogP contribution in [0.4, 0.5) is 11.4 Å². The fraction of sp³-hybridized carbons (Fsp3) is 0.348. The molecular formula is C23H27N5O4. The second-order valence-corrected chi connectivity index (χ2v) is 8.14. The number of carbonyl (C=O) groups is 3. The Morgan fingerprint density at radius 1 is 1.06 bits per heavy atom. The van der Waals surface area contributed by atoms with Gasteiger partial charge in [-0.25, -0.2) is 0 Å². The lowest BCUT2D eigenvalue weighted by Crippen LogP contribution is -2.72. The summed E-state index contributed by atoms with van der Waals surface area (Å²) in [5.41, 5.74) is 3.35. The molecule has 0 radical (unpaired) electrons. The van der Waals surface area contributed by atoms with Crippen molar-refractivity contribution < 1.29 is 19.1 Å². The lowest BCUT2D eigenvalue weighted by Gasteiger charge is -2.43. The molecule has 4 rings (SSSR count). The number of amides is 3. The molecule has 4 unspecified atom stereocenters. The van der Waals surface area contributed by atoms with Gasteiger partial charge in [-0.2, -0.15) is 0 Å². The molecule has 2 aliphatic heterocycles. The van der Waals surface area contributed by atoms with E-state index in [-0.39, 0.29) is 24.1 Å². The number of nitrogens with one attached hydrogen (secondary N) is 5. The van der Waals surface area contributed by atoms with Crippen molar-refractivity contribution in [1.82, 2.24) is 16.0 Å². The van der Waals surface area contributed by atoms with E-state index in [1.54, 1.807) is 13.2 Å². The Morgan fingerprint density at radius 3 is 2.59 bits per heavy atom. The molecule has 2 aliphatic rings. The van der Waals surface area contributed by atoms with Gasteiger partial charge in [-0.1, -0.05) is 29.8 Å². The zero-order valence-electron chi connectivity index (χ0n) is 18.2. The fourth-order valence-corrected chi connectivity index (χ4v) is 4.25. The standard InChI is InChI=1S/C23H27N5O4/c1-12-8-9-15(13(2)10-12)24-21(30)14-11-18(29)26-20-19(14)22(31)28-23(27-20)25-16-6-4-5-7-17(16)32-3/h4-10,14,19-20,23,25,27H,11H2,1-3H3,(H,24,30)(H,26,29)(H,28,31). The van der Waals surface area contributed by atoms with Gasteiger partial charge in [0.2, 0.25) is 17.7 Å². The quantitative estimate of drug-likeness (QED) is 0.483. The first-order valence-electron chi connectivity index (χ1n) is 10.5. The van der Waals surface area contributed by atoms with E-state index in [1.165, 1.54) is 0 Å². The van der Waals surface area contributed by atoms with Crippen molar-refractivity contribution in [2.75, 3.05) is 17.7 Å². The molecule has 2 aromatic carbocycles. The van der Waals surface area contributed by atoms with Gasteiger partial charge in [0.05, 0.1) is 30.8 Å². The van der Waals surface area contributed by atoms with Crippen molar-refractivity contribution in [3.8, 4) is 5.75 Å². The van der Waals surface area contributed by atoms with E-state index in [2.05, 4.69) is 26.6 Å². The summed E-state index contributed by atoms with van der Waals surface area (Å²) < 4.78 is 5.33. The number of ether oxygens (including phenoxy) is 1. The number of hydrogen-bond donors (Lipinski definition) is 5. The summed E-state index contributed by atoms with van der Waals surface area (Å²) in [6.07, 6.45) is -1.40. The molecular weight excluding hydrogens is 410 g/mol. The molecule has 32 heavy (non-hydrogen) atoms. The zero-order chi connectivity index (χ0) is 22.8. The van der Waals surface area contributed by atoms with E-state index in [0.717, 1.165) is 11.1 Å². The molecule has 0 saturated carbocycles. The monoisotopic (exact) mass is 437 g/mol. The molecule has 2 fully saturated rings. The number of rotatable bonds is 5. The summed E-state index contributed by atoms with van der Waals surface area (Å²) in [4.78, 5) is 38.5. The highest BCUT2D eigenvalue weighted by molar-refractivity contribution is 6.00. The minimum Gasteiger partial charge on any atom is -0.495 e. The first-order valence-corrected chi connectivity index (χ1v) is 10.5. The van der Waals surface area contributed by atoms with Crippen LogP contribution in [0.3, 0.4) is 0 Å². The second-order valence-electron chi connectivity index (χ2n) is 8.14. The summed E-state index contributed by atoms with van der Waals surface area (Å²) >= 11 is 0. The van der Waals surface area contributed by atoms with Gasteiger partial charge in [0.25, 0.3) is 0 Å². The van der Waals surface area contributed by atoms with Gasteiger partial charge in [0.1, 0.15) is 5.75 Å². The Morgan fingerprint density at radius 2 is 1.84 bits per heavy atom. The highest BCUT2D eigenvalue weighted by Gasteiger charge is 2.48. The van der Waals surface area contributed by atoms with Gasteiger partial charge in [0, 0.05) is 12.1 Å². The average molecular weight is 438 g/mol. The van der Waals surface area contributed by atoms with Crippen molar-refractivity contribution in [3.05, 3.63) is 53.6 Å². The number of methoxy groups -OCH3 is 1. The van der Waals surface area contributed by atoms with Gasteiger partial charge < -0.3 is 26.0 Å². The Balaban J connectivity index is 1.50. The molecule has 9 heteroatoms. The minimum atomic E-state index is -0.797. The third kappa shape index (κ3) is 4.38. The van der Waals surface area contributed by atoms with E-state index in [0.29, 0.717) is 17.1 Å². The Kier molecular flexibility index (Phi) is 6.00. The number of para-hydroxylation sites is 2. The van der Waals surface area contributed by atoms with Crippen molar-refractivity contribution in [2.45, 2.75) is 32.7 Å². The fourth-order valence-electron chi connectivity index (χ4n) is 4.25. The number of carbonyl (C=O) groups excluding carboxylic acids is 3. The normalized spacial score (nSPS) is 24.6. The van der Waals surface area contributed by atoms with Crippen LogP contribution in [0, 0.1) is 25.7 Å². The number of hydrogen-bond acceptors (Lipinski definition) is 6. The van der Waals surface area contributed by atoms with Crippen LogP contribution in [0.2, 0.25) is 0 Å². The smallest absolute Gasteiger partial charge is 0.229 e. The molecule has 0 aliphatic carbocycles. The van der Waals surface area contributed by atoms with E-state index < -0.39 is 24.3 Å². The SMILES string of the molecule is COc1ccccc1NC1NC(=O)C2C(NC(=O)CC2C(=O)Nc2ccc(C)cc2C)N1. The van der Waals surface area contributed by atoms with Gasteiger partial charge >= 0.3 is 0 Å². The van der Waals surface area contributed by atoms with Crippen LogP contribution in [-0.2, 0) is 14.4 Å². The molecule has 2 aromatic rings. The Bertz CT molecular complexity index is 1060. The highest BCUT2D eigenvalue weighted by atomic mass is 16.5. The number of aryl methyl sites for hydroxylation is 2. The minimum absolute atomic E-state index is 0.0579. The van der Waals surface area contributed by atoms with Crippen LogP contribution in [0.1, 0.15) is 17.5 Å². The van der Waals surface area contributed by atoms with Crippen LogP contribution < -0.4 is 31.3 Å². The van der Waals surface area contributed by atoms with Gasteiger partial charge in [-0.15, -0.1) is 0 Å². The predicted molar refractivity (Wildman–Crippen MR) is 120 cm³/mol. The van der Waals surface area contributed by atoms with Crippen LogP contribution >= 0.6 is 0 Å². The van der Waals surface area contributed by atoms with Crippen molar-refractivity contribution in [1.29, 1.82) is 0 Å². The largest absolute Gasteiger partial charge is 0.495 e. The summed E-state index contributed by atoms with van der Waals surface area (Å²) in [5.74, 6) is -1.88. The van der Waals surface area contributed by atoms with Crippen LogP contribution in [0.5, 0.6) is 5.75 Å². The second kappa shape index (κ2) is 8.88. The van der Waals surface area contributed by atoms with Crippen molar-refractivity contribution in [2.24, 2.45) is 11.8 Å². The van der Waals surface area contributed by atoms with E-state index >= 15 is 0 Å². The third-order valence-corrected chi connectivity index (χ3v) is 5.83. The van der Waals surface area contributed by atoms with E-state index in [4.69, 9.17) is 4.74 Å². The zero-order valence-corrected chi connectivity index (χ0v) is 18.2. The lowest BCUT2D eigenvalue weighted by molar-refractivity contribution is -0.144. The van der Waals surface area contributed by atoms with Gasteiger partial charge in [-0.3, -0.25) is 19.7 Å². The number of anilines is 2. The maximum atomic E-state index is 13.1. The Hall–Kier alpha value is -3.59. The first-order chi connectivity index (χ1) is 15.4. The highest BCUT2D eigenvalue weighted by Crippen LogP contribution is 2.29. The number of fused-ring (bicyclic) bond motifs is 1. The summed E-state index contributed by atoms with van der Waals surface area (Å²) in [6, 6.07) is 13.0. The predicted octanol–water partition coefficient (Wildman–Crippen LogP) is 1.44. The Labute approximate surface area is 186 Å². The summed E-state index contributed by atoms with van der Waals surface area (Å²) in [5, 5.41) is 14.9. The molecule has 0 spiro atoms. The summed E-state index contributed by atoms with van der Waals surface area (Å²) in [6.45, 7) is 3.88.